The van der Waals surface area contributed by atoms with Gasteiger partial charge in [0.1, 0.15) is 6.61 Å². The minimum atomic E-state index is -0.526. The maximum Gasteiger partial charge on any atom is 0.250 e. The minimum Gasteiger partial charge on any atom is -0.389 e. The number of aryl methyl sites for hydroxylation is 1. The van der Waals surface area contributed by atoms with E-state index in [4.69, 9.17) is 10.8 Å². The number of nitrogens with one attached hydrogen (secondary N) is 2. The Morgan fingerprint density at radius 1 is 1.29 bits per heavy atom. The van der Waals surface area contributed by atoms with Crippen molar-refractivity contribution in [3.8, 4) is 5.69 Å². The predicted molar refractivity (Wildman–Crippen MR) is 131 cm³/mol. The van der Waals surface area contributed by atoms with E-state index in [1.807, 2.05) is 23.7 Å². The number of aromatic nitrogens is 2. The molecule has 2 heterocycles. The van der Waals surface area contributed by atoms with Gasteiger partial charge in [-0.15, -0.1) is 0 Å². The van der Waals surface area contributed by atoms with Crippen molar-refractivity contribution in [2.45, 2.75) is 58.5 Å². The summed E-state index contributed by atoms with van der Waals surface area (Å²) in [6.07, 6.45) is 2.84. The van der Waals surface area contributed by atoms with E-state index in [2.05, 4.69) is 24.5 Å². The summed E-state index contributed by atoms with van der Waals surface area (Å²) in [7, 11) is 0. The Kier molecular flexibility index (Phi) is 5.80. The average molecular weight is 480 g/mol. The number of amides is 1. The van der Waals surface area contributed by atoms with Gasteiger partial charge in [-0.05, 0) is 68.2 Å². The van der Waals surface area contributed by atoms with Gasteiger partial charge < -0.3 is 21.5 Å². The van der Waals surface area contributed by atoms with Crippen molar-refractivity contribution in [1.82, 2.24) is 15.1 Å². The lowest BCUT2D eigenvalue weighted by atomic mass is 9.75. The summed E-state index contributed by atoms with van der Waals surface area (Å²) >= 11 is 0. The summed E-state index contributed by atoms with van der Waals surface area (Å²) < 4.78 is 1.82. The van der Waals surface area contributed by atoms with Gasteiger partial charge in [0.05, 0.1) is 34.2 Å². The highest BCUT2D eigenvalue weighted by molar-refractivity contribution is 6.00. The molecular formula is C26H33N5O4. The fourth-order valence-electron chi connectivity index (χ4n) is 6.37. The maximum absolute atomic E-state index is 12.8. The third kappa shape index (κ3) is 4.16. The molecule has 2 aromatic rings. The molecule has 5 N–H and O–H groups in total. The second-order valence-corrected chi connectivity index (χ2v) is 11.1. The SMILES string of the molecule is Cc1nn(-c2ccc(C(N)=O)c(N[C@H]3C[C@@H]4CN[C@H](C(=O)CO)[C@H]4C3)c2)c2c1C(=O)CC(C)(C)C2. The van der Waals surface area contributed by atoms with Gasteiger partial charge in [0.2, 0.25) is 0 Å². The molecule has 9 heteroatoms. The summed E-state index contributed by atoms with van der Waals surface area (Å²) in [5, 5.41) is 20.7. The number of carbonyl (C=O) groups is 3. The maximum atomic E-state index is 12.8. The highest BCUT2D eigenvalue weighted by Gasteiger charge is 2.46. The molecule has 3 aliphatic rings. The summed E-state index contributed by atoms with van der Waals surface area (Å²) in [6, 6.07) is 5.14. The van der Waals surface area contributed by atoms with Crippen molar-refractivity contribution in [1.29, 1.82) is 0 Å². The van der Waals surface area contributed by atoms with Gasteiger partial charge in [-0.2, -0.15) is 5.10 Å². The fraction of sp³-hybridized carbons (Fsp3) is 0.538. The van der Waals surface area contributed by atoms with E-state index in [1.165, 1.54) is 0 Å². The molecule has 186 valence electrons. The van der Waals surface area contributed by atoms with E-state index in [9.17, 15) is 19.5 Å². The zero-order valence-electron chi connectivity index (χ0n) is 20.4. The van der Waals surface area contributed by atoms with Crippen molar-refractivity contribution in [3.63, 3.8) is 0 Å². The molecule has 1 saturated carbocycles. The highest BCUT2D eigenvalue weighted by Crippen LogP contribution is 2.41. The van der Waals surface area contributed by atoms with Crippen LogP contribution in [-0.2, 0) is 11.2 Å². The first-order valence-electron chi connectivity index (χ1n) is 12.3. The molecule has 1 aliphatic heterocycles. The zero-order chi connectivity index (χ0) is 25.1. The smallest absolute Gasteiger partial charge is 0.250 e. The molecule has 0 unspecified atom stereocenters. The molecule has 1 aromatic carbocycles. The van der Waals surface area contributed by atoms with Crippen LogP contribution in [0.2, 0.25) is 0 Å². The number of Topliss-reactive ketones (excluding diaryl/α,β-unsaturated/α-hetero) is 2. The lowest BCUT2D eigenvalue weighted by Crippen LogP contribution is -2.38. The summed E-state index contributed by atoms with van der Waals surface area (Å²) in [4.78, 5) is 37.2. The van der Waals surface area contributed by atoms with Crippen LogP contribution in [-0.4, -0.2) is 57.6 Å². The van der Waals surface area contributed by atoms with Gasteiger partial charge in [0.15, 0.2) is 11.6 Å². The van der Waals surface area contributed by atoms with Gasteiger partial charge >= 0.3 is 0 Å². The third-order valence-corrected chi connectivity index (χ3v) is 7.87. The average Bonchev–Trinajstić information content (AvgIpc) is 3.44. The highest BCUT2D eigenvalue weighted by atomic mass is 16.3. The van der Waals surface area contributed by atoms with Crippen LogP contribution in [0, 0.1) is 24.2 Å². The van der Waals surface area contributed by atoms with E-state index >= 15 is 0 Å². The topological polar surface area (TPSA) is 139 Å². The van der Waals surface area contributed by atoms with E-state index < -0.39 is 12.5 Å². The van der Waals surface area contributed by atoms with Gasteiger partial charge in [-0.1, -0.05) is 13.8 Å². The van der Waals surface area contributed by atoms with Crippen molar-refractivity contribution in [3.05, 3.63) is 40.7 Å². The van der Waals surface area contributed by atoms with Crippen molar-refractivity contribution >= 4 is 23.2 Å². The molecule has 35 heavy (non-hydrogen) atoms. The fourth-order valence-corrected chi connectivity index (χ4v) is 6.37. The molecular weight excluding hydrogens is 446 g/mol. The molecule has 9 nitrogen and oxygen atoms in total. The van der Waals surface area contributed by atoms with Crippen LogP contribution in [0.1, 0.15) is 65.2 Å². The van der Waals surface area contributed by atoms with Crippen LogP contribution in [0.15, 0.2) is 18.2 Å². The Labute approximate surface area is 204 Å². The van der Waals surface area contributed by atoms with Crippen LogP contribution in [0.3, 0.4) is 0 Å². The number of fused-ring (bicyclic) bond motifs is 2. The third-order valence-electron chi connectivity index (χ3n) is 7.87. The quantitative estimate of drug-likeness (QED) is 0.495. The number of carbonyl (C=O) groups excluding carboxylic acids is 3. The van der Waals surface area contributed by atoms with Crippen LogP contribution >= 0.6 is 0 Å². The Bertz CT molecular complexity index is 1220. The number of benzene rings is 1. The number of hydrogen-bond donors (Lipinski definition) is 4. The number of nitrogens with two attached hydrogens (primary N) is 1. The van der Waals surface area contributed by atoms with Gasteiger partial charge in [-0.25, -0.2) is 4.68 Å². The van der Waals surface area contributed by atoms with Gasteiger partial charge in [0.25, 0.3) is 5.91 Å². The number of aliphatic hydroxyl groups excluding tert-OH is 1. The first kappa shape index (κ1) is 23.7. The van der Waals surface area contributed by atoms with Crippen molar-refractivity contribution < 1.29 is 19.5 Å². The zero-order valence-corrected chi connectivity index (χ0v) is 20.4. The molecule has 2 aliphatic carbocycles. The molecule has 1 saturated heterocycles. The summed E-state index contributed by atoms with van der Waals surface area (Å²) in [5.74, 6) is -0.0923. The van der Waals surface area contributed by atoms with Crippen molar-refractivity contribution in [2.75, 3.05) is 18.5 Å². The van der Waals surface area contributed by atoms with E-state index in [1.54, 1.807) is 6.07 Å². The second-order valence-electron chi connectivity index (χ2n) is 11.1. The van der Waals surface area contributed by atoms with Gasteiger partial charge in [0, 0.05) is 18.2 Å². The first-order chi connectivity index (χ1) is 16.6. The van der Waals surface area contributed by atoms with E-state index in [0.29, 0.717) is 34.8 Å². The number of primary amides is 1. The number of aliphatic hydroxyl groups is 1. The lowest BCUT2D eigenvalue weighted by molar-refractivity contribution is -0.124. The van der Waals surface area contributed by atoms with Crippen molar-refractivity contribution in [2.24, 2.45) is 23.0 Å². The predicted octanol–water partition coefficient (Wildman–Crippen LogP) is 1.77. The molecule has 1 amide bonds. The van der Waals surface area contributed by atoms with E-state index in [0.717, 1.165) is 37.2 Å². The van der Waals surface area contributed by atoms with E-state index in [-0.39, 0.29) is 35.0 Å². The summed E-state index contributed by atoms with van der Waals surface area (Å²) in [6.45, 7) is 6.32. The number of anilines is 1. The lowest BCUT2D eigenvalue weighted by Gasteiger charge is -2.29. The molecule has 1 aromatic heterocycles. The van der Waals surface area contributed by atoms with Crippen LogP contribution in [0.5, 0.6) is 0 Å². The first-order valence-corrected chi connectivity index (χ1v) is 12.3. The monoisotopic (exact) mass is 479 g/mol. The molecule has 4 atom stereocenters. The van der Waals surface area contributed by atoms with Crippen LogP contribution in [0.25, 0.3) is 5.69 Å². The number of hydrogen-bond acceptors (Lipinski definition) is 7. The Balaban J connectivity index is 1.46. The Hall–Kier alpha value is -3.04. The summed E-state index contributed by atoms with van der Waals surface area (Å²) in [5.41, 5.74) is 9.63. The largest absolute Gasteiger partial charge is 0.389 e. The number of rotatable bonds is 6. The number of nitrogens with zero attached hydrogens (tertiary/aromatic N) is 2. The Morgan fingerprint density at radius 3 is 2.77 bits per heavy atom. The normalized spacial score (nSPS) is 26.9. The molecule has 2 fully saturated rings. The standard InChI is InChI=1S/C26H33N5O4/c1-13-23-20(9-26(2,3)10-21(23)33)31(30-13)16-4-5-17(25(27)35)19(8-16)29-15-6-14-11-28-24(18(14)7-15)22(34)12-32/h4-5,8,14-15,18,24,28-29,32H,6-7,9-12H2,1-3H3,(H2,27,35)/t14-,15+,18+,24+/m1/s1. The minimum absolute atomic E-state index is 0.0724. The molecule has 0 bridgehead atoms. The van der Waals surface area contributed by atoms with Crippen LogP contribution in [0.4, 0.5) is 5.69 Å². The van der Waals surface area contributed by atoms with Gasteiger partial charge in [-0.3, -0.25) is 14.4 Å². The molecule has 0 spiro atoms. The molecule has 5 rings (SSSR count). The Morgan fingerprint density at radius 2 is 2.06 bits per heavy atom. The second kappa shape index (κ2) is 8.57. The van der Waals surface area contributed by atoms with Crippen LogP contribution < -0.4 is 16.4 Å². The molecule has 0 radical (unpaired) electrons. The number of ketones is 2.